The predicted molar refractivity (Wildman–Crippen MR) is 84.4 cm³/mol. The van der Waals surface area contributed by atoms with E-state index in [0.29, 0.717) is 10.8 Å². The van der Waals surface area contributed by atoms with Crippen LogP contribution in [0.5, 0.6) is 0 Å². The fourth-order valence-electron chi connectivity index (χ4n) is 3.95. The lowest BCUT2D eigenvalue weighted by molar-refractivity contribution is 0.135. The van der Waals surface area contributed by atoms with Crippen LogP contribution in [-0.4, -0.2) is 12.6 Å². The largest absolute Gasteiger partial charge is 0.313 e. The van der Waals surface area contributed by atoms with Crippen LogP contribution in [0.25, 0.3) is 0 Å². The van der Waals surface area contributed by atoms with Crippen LogP contribution >= 0.6 is 0 Å². The first-order valence-corrected chi connectivity index (χ1v) is 8.75. The second-order valence-electron chi connectivity index (χ2n) is 8.02. The third-order valence-electron chi connectivity index (χ3n) is 6.25. The second kappa shape index (κ2) is 6.16. The summed E-state index contributed by atoms with van der Waals surface area (Å²) in [5.41, 5.74) is 1.28. The lowest BCUT2D eigenvalue weighted by Crippen LogP contribution is -2.39. The molecule has 1 N–H and O–H groups in total. The highest BCUT2D eigenvalue weighted by Gasteiger charge is 2.41. The van der Waals surface area contributed by atoms with Gasteiger partial charge in [0.2, 0.25) is 0 Å². The zero-order valence-electron chi connectivity index (χ0n) is 13.7. The molecule has 19 heavy (non-hydrogen) atoms. The lowest BCUT2D eigenvalue weighted by Gasteiger charge is -2.39. The van der Waals surface area contributed by atoms with Crippen LogP contribution in [0, 0.1) is 16.7 Å². The summed E-state index contributed by atoms with van der Waals surface area (Å²) in [6, 6.07) is 0.818. The van der Waals surface area contributed by atoms with E-state index in [1.807, 2.05) is 0 Å². The molecule has 0 radical (unpaired) electrons. The summed E-state index contributed by atoms with van der Waals surface area (Å²) < 4.78 is 0. The van der Waals surface area contributed by atoms with E-state index in [9.17, 15) is 0 Å². The molecule has 112 valence electrons. The van der Waals surface area contributed by atoms with Crippen molar-refractivity contribution >= 4 is 0 Å². The maximum atomic E-state index is 3.90. The quantitative estimate of drug-likeness (QED) is 0.671. The fraction of sp³-hybridized carbons (Fsp3) is 1.00. The van der Waals surface area contributed by atoms with Gasteiger partial charge >= 0.3 is 0 Å². The van der Waals surface area contributed by atoms with Crippen LogP contribution in [0.1, 0.15) is 85.5 Å². The van der Waals surface area contributed by atoms with E-state index in [1.165, 1.54) is 64.3 Å². The molecule has 0 bridgehead atoms. The summed E-state index contributed by atoms with van der Waals surface area (Å²) in [6.45, 7) is 10.9. The molecular formula is C18H35N. The van der Waals surface area contributed by atoms with Gasteiger partial charge in [-0.2, -0.15) is 0 Å². The average Bonchev–Trinajstić information content (AvgIpc) is 3.18. The fourth-order valence-corrected chi connectivity index (χ4v) is 3.95. The van der Waals surface area contributed by atoms with Crippen LogP contribution in [0.2, 0.25) is 0 Å². The van der Waals surface area contributed by atoms with Gasteiger partial charge in [0.15, 0.2) is 0 Å². The highest BCUT2D eigenvalue weighted by molar-refractivity contribution is 4.95. The molecular weight excluding hydrogens is 230 g/mol. The Morgan fingerprint density at radius 1 is 1.05 bits per heavy atom. The SMILES string of the molecule is CCCC1(CNC2CCC(C(C)(C)CC)CC2)CC1. The summed E-state index contributed by atoms with van der Waals surface area (Å²) in [5, 5.41) is 3.90. The molecule has 0 aromatic carbocycles. The average molecular weight is 265 g/mol. The zero-order valence-corrected chi connectivity index (χ0v) is 13.7. The highest BCUT2D eigenvalue weighted by atomic mass is 14.9. The van der Waals surface area contributed by atoms with Crippen molar-refractivity contribution < 1.29 is 0 Å². The van der Waals surface area contributed by atoms with E-state index >= 15 is 0 Å². The Bertz CT molecular complexity index is 269. The minimum absolute atomic E-state index is 0.560. The van der Waals surface area contributed by atoms with Gasteiger partial charge < -0.3 is 5.32 Å². The van der Waals surface area contributed by atoms with Gasteiger partial charge in [-0.25, -0.2) is 0 Å². The third kappa shape index (κ3) is 3.97. The molecule has 0 saturated heterocycles. The van der Waals surface area contributed by atoms with Crippen molar-refractivity contribution in [1.29, 1.82) is 0 Å². The van der Waals surface area contributed by atoms with Crippen molar-refractivity contribution in [2.75, 3.05) is 6.54 Å². The summed E-state index contributed by atoms with van der Waals surface area (Å²) in [4.78, 5) is 0. The van der Waals surface area contributed by atoms with E-state index in [1.54, 1.807) is 0 Å². The van der Waals surface area contributed by atoms with Crippen LogP contribution in [0.3, 0.4) is 0 Å². The molecule has 0 unspecified atom stereocenters. The topological polar surface area (TPSA) is 12.0 Å². The van der Waals surface area contributed by atoms with Gasteiger partial charge in [-0.05, 0) is 61.7 Å². The number of rotatable bonds is 7. The van der Waals surface area contributed by atoms with Gasteiger partial charge in [-0.15, -0.1) is 0 Å². The molecule has 1 nitrogen and oxygen atoms in total. The molecule has 1 heteroatoms. The summed E-state index contributed by atoms with van der Waals surface area (Å²) >= 11 is 0. The monoisotopic (exact) mass is 265 g/mol. The Morgan fingerprint density at radius 3 is 2.16 bits per heavy atom. The lowest BCUT2D eigenvalue weighted by atomic mass is 9.69. The van der Waals surface area contributed by atoms with Gasteiger partial charge in [0.1, 0.15) is 0 Å². The van der Waals surface area contributed by atoms with Gasteiger partial charge in [-0.3, -0.25) is 0 Å². The molecule has 2 aliphatic carbocycles. The van der Waals surface area contributed by atoms with Crippen molar-refractivity contribution in [1.82, 2.24) is 5.32 Å². The number of hydrogen-bond donors (Lipinski definition) is 1. The summed E-state index contributed by atoms with van der Waals surface area (Å²) in [5.74, 6) is 0.959. The summed E-state index contributed by atoms with van der Waals surface area (Å²) in [6.07, 6.45) is 12.8. The van der Waals surface area contributed by atoms with Crippen LogP contribution < -0.4 is 5.32 Å². The zero-order chi connectivity index (χ0) is 13.9. The maximum Gasteiger partial charge on any atom is 0.00675 e. The van der Waals surface area contributed by atoms with Gasteiger partial charge in [0.05, 0.1) is 0 Å². The number of nitrogens with one attached hydrogen (secondary N) is 1. The molecule has 0 aromatic heterocycles. The Hall–Kier alpha value is -0.0400. The van der Waals surface area contributed by atoms with Gasteiger partial charge in [0.25, 0.3) is 0 Å². The molecule has 2 fully saturated rings. The van der Waals surface area contributed by atoms with E-state index in [0.717, 1.165) is 12.0 Å². The second-order valence-corrected chi connectivity index (χ2v) is 8.02. The Labute approximate surface area is 120 Å². The molecule has 0 aliphatic heterocycles. The highest BCUT2D eigenvalue weighted by Crippen LogP contribution is 2.49. The van der Waals surface area contributed by atoms with Crippen molar-refractivity contribution in [3.05, 3.63) is 0 Å². The van der Waals surface area contributed by atoms with E-state index in [2.05, 4.69) is 33.0 Å². The van der Waals surface area contributed by atoms with Crippen LogP contribution in [-0.2, 0) is 0 Å². The first-order valence-electron chi connectivity index (χ1n) is 8.75. The molecule has 0 heterocycles. The standard InChI is InChI=1S/C18H35N/c1-5-11-18(12-13-18)14-19-16-9-7-15(8-10-16)17(3,4)6-2/h15-16,19H,5-14H2,1-4H3. The minimum atomic E-state index is 0.560. The molecule has 2 rings (SSSR count). The van der Waals surface area contributed by atoms with E-state index in [4.69, 9.17) is 0 Å². The van der Waals surface area contributed by atoms with Crippen LogP contribution in [0.4, 0.5) is 0 Å². The normalized spacial score (nSPS) is 30.3. The molecule has 0 aromatic rings. The molecule has 0 amide bonds. The van der Waals surface area contributed by atoms with Gasteiger partial charge in [-0.1, -0.05) is 40.5 Å². The molecule has 0 spiro atoms. The molecule has 2 aliphatic rings. The molecule has 0 atom stereocenters. The van der Waals surface area contributed by atoms with E-state index < -0.39 is 0 Å². The Morgan fingerprint density at radius 2 is 1.68 bits per heavy atom. The van der Waals surface area contributed by atoms with Crippen molar-refractivity contribution in [3.8, 4) is 0 Å². The van der Waals surface area contributed by atoms with Gasteiger partial charge in [0, 0.05) is 12.6 Å². The molecule has 2 saturated carbocycles. The van der Waals surface area contributed by atoms with Crippen molar-refractivity contribution in [3.63, 3.8) is 0 Å². The predicted octanol–water partition coefficient (Wildman–Crippen LogP) is 5.15. The van der Waals surface area contributed by atoms with Crippen LogP contribution in [0.15, 0.2) is 0 Å². The first kappa shape index (κ1) is 15.4. The van der Waals surface area contributed by atoms with Crippen molar-refractivity contribution in [2.24, 2.45) is 16.7 Å². The van der Waals surface area contributed by atoms with E-state index in [-0.39, 0.29) is 0 Å². The van der Waals surface area contributed by atoms with Crippen molar-refractivity contribution in [2.45, 2.75) is 91.5 Å². The Balaban J connectivity index is 1.69. The minimum Gasteiger partial charge on any atom is -0.313 e. The Kier molecular flexibility index (Phi) is 4.98. The summed E-state index contributed by atoms with van der Waals surface area (Å²) in [7, 11) is 0. The smallest absolute Gasteiger partial charge is 0.00675 e. The number of hydrogen-bond acceptors (Lipinski definition) is 1. The third-order valence-corrected chi connectivity index (χ3v) is 6.25. The maximum absolute atomic E-state index is 3.90. The first-order chi connectivity index (χ1) is 9.01.